The van der Waals surface area contributed by atoms with E-state index >= 15 is 0 Å². The van der Waals surface area contributed by atoms with Gasteiger partial charge in [0.1, 0.15) is 11.6 Å². The lowest BCUT2D eigenvalue weighted by molar-refractivity contribution is 0.102. The van der Waals surface area contributed by atoms with E-state index in [1.54, 1.807) is 7.05 Å². The second-order valence-corrected chi connectivity index (χ2v) is 5.45. The third kappa shape index (κ3) is 3.37. The van der Waals surface area contributed by atoms with Gasteiger partial charge in [0.05, 0.1) is 16.3 Å². The summed E-state index contributed by atoms with van der Waals surface area (Å²) in [5.74, 6) is -0.207. The average Bonchev–Trinajstić information content (AvgIpc) is 2.41. The summed E-state index contributed by atoms with van der Waals surface area (Å²) in [4.78, 5) is 16.1. The van der Waals surface area contributed by atoms with Crippen LogP contribution >= 0.6 is 34.2 Å². The molecule has 0 bridgehead atoms. The quantitative estimate of drug-likeness (QED) is 0.764. The number of amides is 1. The van der Waals surface area contributed by atoms with Crippen LogP contribution in [0.5, 0.6) is 0 Å². The van der Waals surface area contributed by atoms with Crippen LogP contribution in [0.2, 0.25) is 5.02 Å². The highest BCUT2D eigenvalue weighted by Gasteiger charge is 2.11. The zero-order valence-electron chi connectivity index (χ0n) is 10.4. The molecule has 0 aliphatic heterocycles. The molecule has 0 unspecified atom stereocenters. The van der Waals surface area contributed by atoms with E-state index in [4.69, 9.17) is 11.6 Å². The predicted molar refractivity (Wildman–Crippen MR) is 85.9 cm³/mol. The fraction of sp³-hybridized carbons (Fsp3) is 0.0769. The second-order valence-electron chi connectivity index (χ2n) is 3.88. The molecule has 20 heavy (non-hydrogen) atoms. The van der Waals surface area contributed by atoms with Gasteiger partial charge < -0.3 is 10.6 Å². The Balaban J connectivity index is 2.21. The van der Waals surface area contributed by atoms with E-state index in [2.05, 4.69) is 15.6 Å². The molecule has 0 saturated carbocycles. The largest absolute Gasteiger partial charge is 0.372 e. The van der Waals surface area contributed by atoms with Crippen molar-refractivity contribution >= 4 is 51.6 Å². The number of hydrogen-bond acceptors (Lipinski definition) is 3. The highest BCUT2D eigenvalue weighted by atomic mass is 127. The molecule has 2 aromatic rings. The number of halogens is 3. The standard InChI is InChI=1S/C13H10ClFIN3O/c1-17-12-9(14)4-7(6-18-12)13(20)19-11-3-2-8(15)5-10(11)16/h2-6H,1H3,(H,17,18)(H,19,20). The lowest BCUT2D eigenvalue weighted by atomic mass is 10.2. The summed E-state index contributed by atoms with van der Waals surface area (Å²) in [6, 6.07) is 5.65. The van der Waals surface area contributed by atoms with Crippen molar-refractivity contribution in [3.8, 4) is 0 Å². The van der Waals surface area contributed by atoms with Gasteiger partial charge in [-0.15, -0.1) is 0 Å². The fourth-order valence-electron chi connectivity index (χ4n) is 1.53. The Morgan fingerprint density at radius 1 is 1.40 bits per heavy atom. The maximum Gasteiger partial charge on any atom is 0.257 e. The van der Waals surface area contributed by atoms with Gasteiger partial charge in [0, 0.05) is 16.8 Å². The summed E-state index contributed by atoms with van der Waals surface area (Å²) in [6.45, 7) is 0. The zero-order valence-corrected chi connectivity index (χ0v) is 13.3. The predicted octanol–water partition coefficient (Wildman–Crippen LogP) is 3.77. The van der Waals surface area contributed by atoms with Crippen molar-refractivity contribution in [1.82, 2.24) is 4.98 Å². The maximum absolute atomic E-state index is 13.0. The van der Waals surface area contributed by atoms with E-state index in [-0.39, 0.29) is 11.7 Å². The number of carbonyl (C=O) groups excluding carboxylic acids is 1. The average molecular weight is 406 g/mol. The van der Waals surface area contributed by atoms with Crippen LogP contribution in [0.3, 0.4) is 0 Å². The number of aromatic nitrogens is 1. The molecular formula is C13H10ClFIN3O. The van der Waals surface area contributed by atoms with Crippen LogP contribution in [0.25, 0.3) is 0 Å². The molecule has 1 heterocycles. The van der Waals surface area contributed by atoms with Crippen molar-refractivity contribution in [2.24, 2.45) is 0 Å². The molecule has 0 spiro atoms. The number of hydrogen-bond donors (Lipinski definition) is 2. The van der Waals surface area contributed by atoms with Gasteiger partial charge in [-0.2, -0.15) is 0 Å². The van der Waals surface area contributed by atoms with E-state index < -0.39 is 0 Å². The highest BCUT2D eigenvalue weighted by Crippen LogP contribution is 2.22. The molecule has 0 radical (unpaired) electrons. The Morgan fingerprint density at radius 3 is 2.75 bits per heavy atom. The van der Waals surface area contributed by atoms with E-state index in [1.165, 1.54) is 30.5 Å². The van der Waals surface area contributed by atoms with Crippen LogP contribution in [0, 0.1) is 9.39 Å². The molecule has 4 nitrogen and oxygen atoms in total. The maximum atomic E-state index is 13.0. The number of rotatable bonds is 3. The van der Waals surface area contributed by atoms with Crippen molar-refractivity contribution in [2.75, 3.05) is 17.7 Å². The zero-order chi connectivity index (χ0) is 14.7. The number of nitrogens with one attached hydrogen (secondary N) is 2. The van der Waals surface area contributed by atoms with Crippen molar-refractivity contribution in [1.29, 1.82) is 0 Å². The Labute approximate surface area is 133 Å². The van der Waals surface area contributed by atoms with Gasteiger partial charge in [-0.1, -0.05) is 11.6 Å². The molecule has 2 N–H and O–H groups in total. The van der Waals surface area contributed by atoms with Gasteiger partial charge in [0.25, 0.3) is 5.91 Å². The molecule has 1 amide bonds. The van der Waals surface area contributed by atoms with Gasteiger partial charge in [0.2, 0.25) is 0 Å². The van der Waals surface area contributed by atoms with E-state index in [9.17, 15) is 9.18 Å². The molecule has 104 valence electrons. The van der Waals surface area contributed by atoms with Gasteiger partial charge in [-0.3, -0.25) is 4.79 Å². The van der Waals surface area contributed by atoms with Gasteiger partial charge in [0.15, 0.2) is 0 Å². The van der Waals surface area contributed by atoms with Crippen molar-refractivity contribution in [3.63, 3.8) is 0 Å². The first-order chi connectivity index (χ1) is 9.51. The molecule has 2 rings (SSSR count). The lowest BCUT2D eigenvalue weighted by Crippen LogP contribution is -2.13. The molecular weight excluding hydrogens is 396 g/mol. The molecule has 0 saturated heterocycles. The first-order valence-electron chi connectivity index (χ1n) is 5.61. The van der Waals surface area contributed by atoms with Gasteiger partial charge >= 0.3 is 0 Å². The Bertz CT molecular complexity index is 666. The Morgan fingerprint density at radius 2 is 2.15 bits per heavy atom. The van der Waals surface area contributed by atoms with Crippen molar-refractivity contribution < 1.29 is 9.18 Å². The SMILES string of the molecule is CNc1ncc(C(=O)Nc2ccc(F)cc2I)cc1Cl. The van der Waals surface area contributed by atoms with Crippen LogP contribution in [-0.4, -0.2) is 17.9 Å². The molecule has 0 aliphatic rings. The molecule has 7 heteroatoms. The van der Waals surface area contributed by atoms with E-state index in [1.807, 2.05) is 22.6 Å². The Hall–Kier alpha value is -1.41. The normalized spacial score (nSPS) is 10.2. The summed E-state index contributed by atoms with van der Waals surface area (Å²) >= 11 is 7.92. The lowest BCUT2D eigenvalue weighted by Gasteiger charge is -2.08. The molecule has 1 aromatic carbocycles. The van der Waals surface area contributed by atoms with E-state index in [0.29, 0.717) is 25.7 Å². The first-order valence-corrected chi connectivity index (χ1v) is 7.06. The fourth-order valence-corrected chi connectivity index (χ4v) is 2.40. The van der Waals surface area contributed by atoms with Gasteiger partial charge in [-0.05, 0) is 46.9 Å². The number of carbonyl (C=O) groups is 1. The van der Waals surface area contributed by atoms with Crippen LogP contribution in [0.4, 0.5) is 15.9 Å². The topological polar surface area (TPSA) is 54.0 Å². The molecule has 1 aromatic heterocycles. The summed E-state index contributed by atoms with van der Waals surface area (Å²) in [5, 5.41) is 5.85. The van der Waals surface area contributed by atoms with Crippen LogP contribution < -0.4 is 10.6 Å². The minimum atomic E-state index is -0.355. The monoisotopic (exact) mass is 405 g/mol. The van der Waals surface area contributed by atoms with Crippen LogP contribution in [-0.2, 0) is 0 Å². The summed E-state index contributed by atoms with van der Waals surface area (Å²) in [5.41, 5.74) is 0.861. The number of pyridine rings is 1. The summed E-state index contributed by atoms with van der Waals surface area (Å²) in [7, 11) is 1.69. The van der Waals surface area contributed by atoms with Crippen molar-refractivity contribution in [3.05, 3.63) is 50.4 Å². The third-order valence-corrected chi connectivity index (χ3v) is 3.70. The first kappa shape index (κ1) is 15.0. The molecule has 0 atom stereocenters. The van der Waals surface area contributed by atoms with Crippen LogP contribution in [0.1, 0.15) is 10.4 Å². The van der Waals surface area contributed by atoms with E-state index in [0.717, 1.165) is 0 Å². The smallest absolute Gasteiger partial charge is 0.257 e. The number of nitrogens with zero attached hydrogens (tertiary/aromatic N) is 1. The van der Waals surface area contributed by atoms with Crippen molar-refractivity contribution in [2.45, 2.75) is 0 Å². The highest BCUT2D eigenvalue weighted by molar-refractivity contribution is 14.1. The number of anilines is 2. The number of benzene rings is 1. The Kier molecular flexibility index (Phi) is 4.77. The van der Waals surface area contributed by atoms with Crippen LogP contribution in [0.15, 0.2) is 30.5 Å². The van der Waals surface area contributed by atoms with Gasteiger partial charge in [-0.25, -0.2) is 9.37 Å². The molecule has 0 fully saturated rings. The minimum Gasteiger partial charge on any atom is -0.372 e. The summed E-state index contributed by atoms with van der Waals surface area (Å²) < 4.78 is 13.6. The summed E-state index contributed by atoms with van der Waals surface area (Å²) in [6.07, 6.45) is 1.42. The third-order valence-electron chi connectivity index (χ3n) is 2.52. The molecule has 0 aliphatic carbocycles. The second kappa shape index (κ2) is 6.36. The minimum absolute atomic E-state index is 0.328.